The van der Waals surface area contributed by atoms with Crippen LogP contribution in [0.1, 0.15) is 0 Å². The number of carbonyl (C=O) groups is 1. The zero-order chi connectivity index (χ0) is 12.5. The van der Waals surface area contributed by atoms with Crippen LogP contribution in [-0.4, -0.2) is 39.7 Å². The van der Waals surface area contributed by atoms with E-state index in [1.165, 1.54) is 6.40 Å². The molecular formula is C12H17N3O2. The molecule has 5 heteroatoms. The summed E-state index contributed by atoms with van der Waals surface area (Å²) in [7, 11) is 3.34. The molecule has 5 nitrogen and oxygen atoms in total. The lowest BCUT2D eigenvalue weighted by Crippen LogP contribution is -2.34. The summed E-state index contributed by atoms with van der Waals surface area (Å²) < 4.78 is 4.65. The largest absolute Gasteiger partial charge is 0.482 e. The van der Waals surface area contributed by atoms with Crippen molar-refractivity contribution >= 4 is 18.1 Å². The van der Waals surface area contributed by atoms with E-state index >= 15 is 0 Å². The Morgan fingerprint density at radius 2 is 2.12 bits per heavy atom. The highest BCUT2D eigenvalue weighted by molar-refractivity contribution is 5.91. The molecular weight excluding hydrogens is 218 g/mol. The van der Waals surface area contributed by atoms with Crippen molar-refractivity contribution in [3.05, 3.63) is 30.3 Å². The van der Waals surface area contributed by atoms with Gasteiger partial charge in [-0.2, -0.15) is 0 Å². The maximum absolute atomic E-state index is 11.1. The summed E-state index contributed by atoms with van der Waals surface area (Å²) in [6.07, 6.45) is 1.49. The van der Waals surface area contributed by atoms with E-state index in [4.69, 9.17) is 0 Å². The Morgan fingerprint density at radius 3 is 2.53 bits per heavy atom. The van der Waals surface area contributed by atoms with Crippen LogP contribution in [-0.2, 0) is 4.74 Å². The summed E-state index contributed by atoms with van der Waals surface area (Å²) in [4.78, 5) is 16.4. The number of hydrogen-bond acceptors (Lipinski definition) is 3. The lowest BCUT2D eigenvalue weighted by molar-refractivity contribution is 0.249. The molecule has 0 unspecified atom stereocenters. The van der Waals surface area contributed by atoms with Gasteiger partial charge in [0.25, 0.3) is 0 Å². The molecule has 1 heterocycles. The molecule has 0 aliphatic carbocycles. The molecule has 1 N–H and O–H groups in total. The topological polar surface area (TPSA) is 53.9 Å². The van der Waals surface area contributed by atoms with Gasteiger partial charge in [0.1, 0.15) is 6.61 Å². The van der Waals surface area contributed by atoms with Crippen LogP contribution in [0.25, 0.3) is 0 Å². The second kappa shape index (κ2) is 7.27. The van der Waals surface area contributed by atoms with E-state index in [1.54, 1.807) is 19.0 Å². The Balaban J connectivity index is 0.000000239. The van der Waals surface area contributed by atoms with Crippen LogP contribution in [0.15, 0.2) is 35.3 Å². The molecule has 1 aliphatic heterocycles. The number of para-hydroxylation sites is 1. The highest BCUT2D eigenvalue weighted by Crippen LogP contribution is 2.10. The molecule has 0 saturated heterocycles. The van der Waals surface area contributed by atoms with Crippen LogP contribution >= 0.6 is 0 Å². The fourth-order valence-electron chi connectivity index (χ4n) is 1.20. The summed E-state index contributed by atoms with van der Waals surface area (Å²) in [5, 5.41) is 2.55. The lowest BCUT2D eigenvalue weighted by atomic mass is 10.3. The number of nitrogens with one attached hydrogen (secondary N) is 1. The first-order chi connectivity index (χ1) is 8.25. The second-order valence-corrected chi connectivity index (χ2v) is 3.33. The normalized spacial score (nSPS) is 12.1. The minimum Gasteiger partial charge on any atom is -0.482 e. The van der Waals surface area contributed by atoms with Crippen molar-refractivity contribution in [3.8, 4) is 0 Å². The monoisotopic (exact) mass is 235 g/mol. The van der Waals surface area contributed by atoms with Gasteiger partial charge in [-0.15, -0.1) is 0 Å². The van der Waals surface area contributed by atoms with E-state index in [0.29, 0.717) is 0 Å². The van der Waals surface area contributed by atoms with Gasteiger partial charge in [-0.25, -0.2) is 4.79 Å². The zero-order valence-electron chi connectivity index (χ0n) is 10.1. The van der Waals surface area contributed by atoms with Crippen molar-refractivity contribution < 1.29 is 9.53 Å². The van der Waals surface area contributed by atoms with Gasteiger partial charge < -0.3 is 10.1 Å². The van der Waals surface area contributed by atoms with Gasteiger partial charge >= 0.3 is 6.03 Å². The Kier molecular flexibility index (Phi) is 5.57. The molecule has 1 aromatic rings. The molecule has 2 rings (SSSR count). The Morgan fingerprint density at radius 1 is 1.41 bits per heavy atom. The number of urea groups is 1. The van der Waals surface area contributed by atoms with Crippen molar-refractivity contribution in [2.24, 2.45) is 4.99 Å². The van der Waals surface area contributed by atoms with E-state index in [-0.39, 0.29) is 6.03 Å². The number of amides is 2. The summed E-state index contributed by atoms with van der Waals surface area (Å²) in [5.74, 6) is 0. The summed E-state index contributed by atoms with van der Waals surface area (Å²) >= 11 is 0. The molecule has 17 heavy (non-hydrogen) atoms. The Labute approximate surface area is 101 Å². The van der Waals surface area contributed by atoms with Crippen molar-refractivity contribution in [1.29, 1.82) is 0 Å². The molecule has 0 atom stereocenters. The van der Waals surface area contributed by atoms with Gasteiger partial charge in [-0.1, -0.05) is 18.2 Å². The molecule has 0 radical (unpaired) electrons. The molecule has 92 valence electrons. The molecule has 1 aliphatic rings. The summed E-state index contributed by atoms with van der Waals surface area (Å²) in [5.41, 5.74) is 0.886. The molecule has 0 spiro atoms. The minimum atomic E-state index is -0.110. The van der Waals surface area contributed by atoms with Crippen LogP contribution in [0.2, 0.25) is 0 Å². The third kappa shape index (κ3) is 4.55. The average molecular weight is 235 g/mol. The standard InChI is InChI=1S/C9H12N2O.C3H5NO/c1-10-9(12)11(2)8-6-4-3-5-7-8;1-2-5-3-4-1/h3-7H,1-2H3,(H,10,12);3H,1-2H2. The highest BCUT2D eigenvalue weighted by Gasteiger charge is 2.06. The van der Waals surface area contributed by atoms with Crippen LogP contribution in [0.4, 0.5) is 10.5 Å². The number of ether oxygens (including phenoxy) is 1. The molecule has 0 aromatic heterocycles. The smallest absolute Gasteiger partial charge is 0.321 e. The number of rotatable bonds is 1. The highest BCUT2D eigenvalue weighted by atomic mass is 16.5. The van der Waals surface area contributed by atoms with Crippen molar-refractivity contribution in [2.45, 2.75) is 0 Å². The first-order valence-electron chi connectivity index (χ1n) is 5.36. The van der Waals surface area contributed by atoms with E-state index < -0.39 is 0 Å². The molecule has 1 aromatic carbocycles. The predicted octanol–water partition coefficient (Wildman–Crippen LogP) is 1.51. The Hall–Kier alpha value is -2.04. The second-order valence-electron chi connectivity index (χ2n) is 3.33. The van der Waals surface area contributed by atoms with Crippen LogP contribution in [0.3, 0.4) is 0 Å². The van der Waals surface area contributed by atoms with Gasteiger partial charge in [0, 0.05) is 19.8 Å². The van der Waals surface area contributed by atoms with Crippen molar-refractivity contribution in [3.63, 3.8) is 0 Å². The van der Waals surface area contributed by atoms with Crippen molar-refractivity contribution in [1.82, 2.24) is 5.32 Å². The molecule has 0 saturated carbocycles. The molecule has 2 amide bonds. The van der Waals surface area contributed by atoms with Crippen LogP contribution in [0, 0.1) is 0 Å². The third-order valence-corrected chi connectivity index (χ3v) is 2.15. The van der Waals surface area contributed by atoms with E-state index in [2.05, 4.69) is 15.0 Å². The first-order valence-corrected chi connectivity index (χ1v) is 5.36. The minimum absolute atomic E-state index is 0.110. The third-order valence-electron chi connectivity index (χ3n) is 2.15. The number of anilines is 1. The molecule has 0 fully saturated rings. The number of benzene rings is 1. The van der Waals surface area contributed by atoms with Gasteiger partial charge in [0.2, 0.25) is 0 Å². The van der Waals surface area contributed by atoms with Crippen molar-refractivity contribution in [2.75, 3.05) is 32.1 Å². The van der Waals surface area contributed by atoms with Crippen LogP contribution < -0.4 is 10.2 Å². The number of hydrogen-bond donors (Lipinski definition) is 1. The van der Waals surface area contributed by atoms with E-state index in [1.807, 2.05) is 30.3 Å². The van der Waals surface area contributed by atoms with Gasteiger partial charge in [0.05, 0.1) is 6.54 Å². The fraction of sp³-hybridized carbons (Fsp3) is 0.333. The number of carbonyl (C=O) groups excluding carboxylic acids is 1. The zero-order valence-corrected chi connectivity index (χ0v) is 10.1. The van der Waals surface area contributed by atoms with E-state index in [0.717, 1.165) is 18.8 Å². The van der Waals surface area contributed by atoms with Gasteiger partial charge in [-0.3, -0.25) is 9.89 Å². The van der Waals surface area contributed by atoms with Gasteiger partial charge in [-0.05, 0) is 12.1 Å². The summed E-state index contributed by atoms with van der Waals surface area (Å²) in [6.45, 7) is 1.62. The predicted molar refractivity (Wildman–Crippen MR) is 68.6 cm³/mol. The van der Waals surface area contributed by atoms with E-state index in [9.17, 15) is 4.79 Å². The summed E-state index contributed by atoms with van der Waals surface area (Å²) in [6, 6.07) is 9.37. The van der Waals surface area contributed by atoms with Crippen LogP contribution in [0.5, 0.6) is 0 Å². The maximum atomic E-state index is 11.1. The Bertz CT molecular complexity index is 359. The lowest BCUT2D eigenvalue weighted by Gasteiger charge is -2.15. The number of aliphatic imine (C=N–C) groups is 1. The quantitative estimate of drug-likeness (QED) is 0.802. The average Bonchev–Trinajstić information content (AvgIpc) is 2.97. The number of nitrogens with zero attached hydrogens (tertiary/aromatic N) is 2. The molecule has 0 bridgehead atoms. The van der Waals surface area contributed by atoms with Gasteiger partial charge in [0.15, 0.2) is 6.40 Å². The maximum Gasteiger partial charge on any atom is 0.321 e. The first kappa shape index (κ1) is 13.0. The fourth-order valence-corrected chi connectivity index (χ4v) is 1.20. The SMILES string of the molecule is C1=NCCO1.CNC(=O)N(C)c1ccccc1.